The first kappa shape index (κ1) is 17.0. The molecule has 1 N–H and O–H groups in total. The zero-order valence-corrected chi connectivity index (χ0v) is 15.0. The van der Waals surface area contributed by atoms with Crippen molar-refractivity contribution in [1.82, 2.24) is 9.97 Å². The predicted octanol–water partition coefficient (Wildman–Crippen LogP) is 4.36. The van der Waals surface area contributed by atoms with Gasteiger partial charge in [0.1, 0.15) is 5.75 Å². The number of nitrogens with one attached hydrogen (secondary N) is 1. The van der Waals surface area contributed by atoms with Crippen molar-refractivity contribution in [3.63, 3.8) is 0 Å². The molecule has 1 amide bonds. The number of hydrogen-bond donors (Lipinski definition) is 1. The number of aromatic nitrogens is 2. The van der Waals surface area contributed by atoms with Gasteiger partial charge in [0.2, 0.25) is 0 Å². The van der Waals surface area contributed by atoms with Gasteiger partial charge in [-0.2, -0.15) is 0 Å². The van der Waals surface area contributed by atoms with Gasteiger partial charge >= 0.3 is 0 Å². The summed E-state index contributed by atoms with van der Waals surface area (Å²) in [7, 11) is 1.61. The van der Waals surface area contributed by atoms with E-state index in [4.69, 9.17) is 9.72 Å². The largest absolute Gasteiger partial charge is 0.497 e. The van der Waals surface area contributed by atoms with Crippen LogP contribution in [0.4, 0.5) is 5.69 Å². The first-order valence-electron chi connectivity index (χ1n) is 8.81. The fourth-order valence-corrected chi connectivity index (χ4v) is 3.13. The average molecular weight is 357 g/mol. The quantitative estimate of drug-likeness (QED) is 0.753. The molecular formula is C22H19N3O2. The van der Waals surface area contributed by atoms with E-state index in [1.54, 1.807) is 19.5 Å². The van der Waals surface area contributed by atoms with Crippen LogP contribution in [-0.2, 0) is 6.42 Å². The molecule has 0 unspecified atom stereocenters. The van der Waals surface area contributed by atoms with Crippen molar-refractivity contribution in [2.75, 3.05) is 12.4 Å². The third-order valence-electron chi connectivity index (χ3n) is 4.52. The molecule has 0 spiro atoms. The van der Waals surface area contributed by atoms with Crippen molar-refractivity contribution in [2.24, 2.45) is 0 Å². The summed E-state index contributed by atoms with van der Waals surface area (Å²) >= 11 is 0. The Kier molecular flexibility index (Phi) is 4.66. The van der Waals surface area contributed by atoms with Crippen molar-refractivity contribution in [3.05, 3.63) is 77.8 Å². The molecule has 1 aromatic carbocycles. The van der Waals surface area contributed by atoms with Crippen LogP contribution < -0.4 is 10.1 Å². The molecule has 134 valence electrons. The number of benzene rings is 1. The highest BCUT2D eigenvalue weighted by Gasteiger charge is 2.19. The second kappa shape index (κ2) is 7.41. The average Bonchev–Trinajstić information content (AvgIpc) is 2.74. The molecule has 1 aliphatic carbocycles. The number of hydrogen-bond acceptors (Lipinski definition) is 4. The number of aryl methyl sites for hydroxylation is 1. The lowest BCUT2D eigenvalue weighted by Gasteiger charge is -2.16. The van der Waals surface area contributed by atoms with E-state index in [1.165, 1.54) is 0 Å². The maximum atomic E-state index is 13.0. The zero-order chi connectivity index (χ0) is 18.6. The van der Waals surface area contributed by atoms with Gasteiger partial charge in [-0.25, -0.2) is 0 Å². The molecule has 2 heterocycles. The summed E-state index contributed by atoms with van der Waals surface area (Å²) in [5, 5.41) is 2.97. The molecule has 0 atom stereocenters. The minimum Gasteiger partial charge on any atom is -0.497 e. The van der Waals surface area contributed by atoms with Gasteiger partial charge in [-0.3, -0.25) is 14.8 Å². The molecule has 0 saturated carbocycles. The lowest BCUT2D eigenvalue weighted by Crippen LogP contribution is -2.16. The highest BCUT2D eigenvalue weighted by Crippen LogP contribution is 2.27. The summed E-state index contributed by atoms with van der Waals surface area (Å²) in [5.74, 6) is 0.589. The molecule has 5 heteroatoms. The number of allylic oxidation sites excluding steroid dienone is 1. The Bertz CT molecular complexity index is 996. The summed E-state index contributed by atoms with van der Waals surface area (Å²) in [6.07, 6.45) is 9.30. The standard InChI is InChI=1S/C22H19N3O2/c1-27-17-10-8-16(9-11-17)24-22(26)19-13-21(15-5-4-12-23-14-15)25-20-7-3-2-6-18(19)20/h2,4-6,8-14H,3,7H2,1H3,(H,24,26). The maximum absolute atomic E-state index is 13.0. The van der Waals surface area contributed by atoms with Gasteiger partial charge < -0.3 is 10.1 Å². The molecule has 4 rings (SSSR count). The van der Waals surface area contributed by atoms with Crippen molar-refractivity contribution < 1.29 is 9.53 Å². The van der Waals surface area contributed by atoms with Crippen molar-refractivity contribution in [1.29, 1.82) is 0 Å². The van der Waals surface area contributed by atoms with Crippen molar-refractivity contribution in [2.45, 2.75) is 12.8 Å². The number of methoxy groups -OCH3 is 1. The molecule has 2 aromatic heterocycles. The molecule has 0 radical (unpaired) electrons. The highest BCUT2D eigenvalue weighted by atomic mass is 16.5. The van der Waals surface area contributed by atoms with Gasteiger partial charge in [0.15, 0.2) is 0 Å². The van der Waals surface area contributed by atoms with E-state index in [0.29, 0.717) is 11.3 Å². The molecule has 0 aliphatic heterocycles. The van der Waals surface area contributed by atoms with Crippen LogP contribution >= 0.6 is 0 Å². The number of amides is 1. The first-order chi connectivity index (χ1) is 13.2. The first-order valence-corrected chi connectivity index (χ1v) is 8.81. The van der Waals surface area contributed by atoms with E-state index >= 15 is 0 Å². The summed E-state index contributed by atoms with van der Waals surface area (Å²) in [4.78, 5) is 21.9. The summed E-state index contributed by atoms with van der Waals surface area (Å²) < 4.78 is 5.16. The molecule has 27 heavy (non-hydrogen) atoms. The van der Waals surface area contributed by atoms with E-state index < -0.39 is 0 Å². The Balaban J connectivity index is 1.72. The Morgan fingerprint density at radius 1 is 1.19 bits per heavy atom. The Morgan fingerprint density at radius 2 is 2.04 bits per heavy atom. The topological polar surface area (TPSA) is 64.1 Å². The van der Waals surface area contributed by atoms with Crippen LogP contribution in [0.1, 0.15) is 28.0 Å². The predicted molar refractivity (Wildman–Crippen MR) is 106 cm³/mol. The van der Waals surface area contributed by atoms with Gasteiger partial charge in [0.05, 0.1) is 18.4 Å². The zero-order valence-electron chi connectivity index (χ0n) is 15.0. The van der Waals surface area contributed by atoms with Crippen LogP contribution in [0.5, 0.6) is 5.75 Å². The van der Waals surface area contributed by atoms with Crippen molar-refractivity contribution in [3.8, 4) is 17.0 Å². The maximum Gasteiger partial charge on any atom is 0.256 e. The smallest absolute Gasteiger partial charge is 0.256 e. The van der Waals surface area contributed by atoms with E-state index in [2.05, 4.69) is 16.4 Å². The fraction of sp³-hybridized carbons (Fsp3) is 0.136. The van der Waals surface area contributed by atoms with Crippen LogP contribution in [-0.4, -0.2) is 23.0 Å². The Labute approximate surface area is 157 Å². The number of pyridine rings is 2. The summed E-state index contributed by atoms with van der Waals surface area (Å²) in [6, 6.07) is 12.9. The van der Waals surface area contributed by atoms with E-state index in [-0.39, 0.29) is 5.91 Å². The molecule has 3 aromatic rings. The van der Waals surface area contributed by atoms with Gasteiger partial charge in [0.25, 0.3) is 5.91 Å². The van der Waals surface area contributed by atoms with Crippen LogP contribution in [0.3, 0.4) is 0 Å². The minimum absolute atomic E-state index is 0.157. The van der Waals surface area contributed by atoms with E-state index in [9.17, 15) is 4.79 Å². The van der Waals surface area contributed by atoms with Gasteiger partial charge in [-0.15, -0.1) is 0 Å². The number of carbonyl (C=O) groups excluding carboxylic acids is 1. The molecule has 0 bridgehead atoms. The van der Waals surface area contributed by atoms with Crippen LogP contribution in [0, 0.1) is 0 Å². The second-order valence-corrected chi connectivity index (χ2v) is 6.28. The number of anilines is 1. The number of carbonyl (C=O) groups is 1. The van der Waals surface area contributed by atoms with Crippen molar-refractivity contribution >= 4 is 17.7 Å². The third kappa shape index (κ3) is 3.58. The Morgan fingerprint density at radius 3 is 2.78 bits per heavy atom. The van der Waals surface area contributed by atoms with Gasteiger partial charge in [-0.05, 0) is 55.3 Å². The fourth-order valence-electron chi connectivity index (χ4n) is 3.13. The SMILES string of the molecule is COc1ccc(NC(=O)c2cc(-c3cccnc3)nc3c2C=CCC3)cc1. The summed E-state index contributed by atoms with van der Waals surface area (Å²) in [6.45, 7) is 0. The Hall–Kier alpha value is -3.47. The lowest BCUT2D eigenvalue weighted by molar-refractivity contribution is 0.102. The normalized spacial score (nSPS) is 12.3. The van der Waals surface area contributed by atoms with Gasteiger partial charge in [-0.1, -0.05) is 12.2 Å². The van der Waals surface area contributed by atoms with Crippen LogP contribution in [0.2, 0.25) is 0 Å². The highest BCUT2D eigenvalue weighted by molar-refractivity contribution is 6.07. The monoisotopic (exact) mass is 357 g/mol. The van der Waals surface area contributed by atoms with Crippen LogP contribution in [0.25, 0.3) is 17.3 Å². The number of fused-ring (bicyclic) bond motifs is 1. The molecule has 0 saturated heterocycles. The molecule has 1 aliphatic rings. The number of ether oxygens (including phenoxy) is 1. The van der Waals surface area contributed by atoms with E-state index in [1.807, 2.05) is 48.5 Å². The summed E-state index contributed by atoms with van der Waals surface area (Å²) in [5.41, 5.74) is 4.82. The molecular weight excluding hydrogens is 338 g/mol. The van der Waals surface area contributed by atoms with Crippen LogP contribution in [0.15, 0.2) is 60.9 Å². The van der Waals surface area contributed by atoms with Gasteiger partial charge in [0, 0.05) is 34.9 Å². The molecule has 5 nitrogen and oxygen atoms in total. The molecule has 0 fully saturated rings. The lowest BCUT2D eigenvalue weighted by atomic mass is 9.95. The second-order valence-electron chi connectivity index (χ2n) is 6.28. The number of nitrogens with zero attached hydrogens (tertiary/aromatic N) is 2. The third-order valence-corrected chi connectivity index (χ3v) is 4.52. The van der Waals surface area contributed by atoms with E-state index in [0.717, 1.165) is 41.1 Å². The minimum atomic E-state index is -0.157. The number of rotatable bonds is 4.